The molecule has 0 spiro atoms. The summed E-state index contributed by atoms with van der Waals surface area (Å²) in [6, 6.07) is 6.29. The number of ether oxygens (including phenoxy) is 1. The fraction of sp³-hybridized carbons (Fsp3) is 0.500. The van der Waals surface area contributed by atoms with Crippen molar-refractivity contribution < 1.29 is 9.53 Å². The molecule has 0 saturated carbocycles. The number of likely N-dealkylation sites (N-methyl/N-ethyl adjacent to an activating group) is 1. The zero-order valence-corrected chi connectivity index (χ0v) is 11.0. The Bertz CT molecular complexity index is 484. The molecule has 102 valence electrons. The van der Waals surface area contributed by atoms with Gasteiger partial charge in [-0.15, -0.1) is 0 Å². The summed E-state index contributed by atoms with van der Waals surface area (Å²) in [5, 5.41) is 9.53. The van der Waals surface area contributed by atoms with Gasteiger partial charge in [-0.1, -0.05) is 12.1 Å². The smallest absolute Gasteiger partial charge is 0.228 e. The Morgan fingerprint density at radius 3 is 3.11 bits per heavy atom. The van der Waals surface area contributed by atoms with Crippen LogP contribution in [0.4, 0.5) is 5.69 Å². The number of hydrogen-bond acceptors (Lipinski definition) is 4. The standard InChI is InChI=1S/C14H19N3O2/c1-15-14(12-8-16-4-5-19-12)9-2-3-11-10(6-9)7-13(18)17-11/h2-3,6,12,14-16H,4-5,7-8H2,1H3,(H,17,18). The van der Waals surface area contributed by atoms with E-state index in [0.717, 1.165) is 30.9 Å². The lowest BCUT2D eigenvalue weighted by Gasteiger charge is -2.31. The van der Waals surface area contributed by atoms with Crippen molar-refractivity contribution in [3.8, 4) is 0 Å². The molecule has 1 fully saturated rings. The van der Waals surface area contributed by atoms with Crippen LogP contribution in [-0.2, 0) is 16.0 Å². The maximum Gasteiger partial charge on any atom is 0.228 e. The highest BCUT2D eigenvalue weighted by atomic mass is 16.5. The lowest BCUT2D eigenvalue weighted by molar-refractivity contribution is -0.115. The summed E-state index contributed by atoms with van der Waals surface area (Å²) in [5.74, 6) is 0.0729. The number of amides is 1. The lowest BCUT2D eigenvalue weighted by Crippen LogP contribution is -2.45. The fourth-order valence-electron chi connectivity index (χ4n) is 2.81. The SMILES string of the molecule is CNC(c1ccc2c(c1)CC(=O)N2)C1CNCCO1. The molecule has 2 heterocycles. The number of carbonyl (C=O) groups excluding carboxylic acids is 1. The number of morpholine rings is 1. The van der Waals surface area contributed by atoms with E-state index >= 15 is 0 Å². The van der Waals surface area contributed by atoms with Crippen molar-refractivity contribution in [1.29, 1.82) is 0 Å². The average molecular weight is 261 g/mol. The highest BCUT2D eigenvalue weighted by Crippen LogP contribution is 2.28. The van der Waals surface area contributed by atoms with Gasteiger partial charge in [0.25, 0.3) is 0 Å². The Balaban J connectivity index is 1.83. The Morgan fingerprint density at radius 2 is 2.37 bits per heavy atom. The molecule has 2 unspecified atom stereocenters. The Labute approximate surface area is 112 Å². The van der Waals surface area contributed by atoms with Crippen molar-refractivity contribution >= 4 is 11.6 Å². The van der Waals surface area contributed by atoms with E-state index in [2.05, 4.69) is 28.1 Å². The second kappa shape index (κ2) is 5.28. The third-order valence-electron chi connectivity index (χ3n) is 3.75. The van der Waals surface area contributed by atoms with Crippen molar-refractivity contribution in [1.82, 2.24) is 10.6 Å². The van der Waals surface area contributed by atoms with E-state index in [1.807, 2.05) is 13.1 Å². The summed E-state index contributed by atoms with van der Waals surface area (Å²) in [7, 11) is 1.94. The van der Waals surface area contributed by atoms with Crippen LogP contribution < -0.4 is 16.0 Å². The van der Waals surface area contributed by atoms with Crippen LogP contribution in [-0.4, -0.2) is 38.8 Å². The van der Waals surface area contributed by atoms with Gasteiger partial charge >= 0.3 is 0 Å². The maximum absolute atomic E-state index is 11.4. The van der Waals surface area contributed by atoms with E-state index in [9.17, 15) is 4.79 Å². The van der Waals surface area contributed by atoms with Crippen LogP contribution >= 0.6 is 0 Å². The van der Waals surface area contributed by atoms with E-state index in [4.69, 9.17) is 4.74 Å². The van der Waals surface area contributed by atoms with Crippen LogP contribution in [0.15, 0.2) is 18.2 Å². The lowest BCUT2D eigenvalue weighted by atomic mass is 9.97. The molecule has 1 aromatic rings. The van der Waals surface area contributed by atoms with Crippen LogP contribution in [0.3, 0.4) is 0 Å². The number of rotatable bonds is 3. The van der Waals surface area contributed by atoms with Crippen molar-refractivity contribution in [2.24, 2.45) is 0 Å². The maximum atomic E-state index is 11.4. The van der Waals surface area contributed by atoms with Gasteiger partial charge in [-0.25, -0.2) is 0 Å². The first-order valence-corrected chi connectivity index (χ1v) is 6.70. The van der Waals surface area contributed by atoms with E-state index in [1.165, 1.54) is 5.56 Å². The molecule has 0 aliphatic carbocycles. The molecule has 1 amide bonds. The average Bonchev–Trinajstić information content (AvgIpc) is 2.80. The Morgan fingerprint density at radius 1 is 1.47 bits per heavy atom. The zero-order chi connectivity index (χ0) is 13.2. The molecule has 2 atom stereocenters. The van der Waals surface area contributed by atoms with E-state index in [-0.39, 0.29) is 18.1 Å². The van der Waals surface area contributed by atoms with E-state index in [0.29, 0.717) is 6.42 Å². The summed E-state index contributed by atoms with van der Waals surface area (Å²) in [5.41, 5.74) is 3.18. The predicted octanol–water partition coefficient (Wildman–Crippen LogP) is 0.430. The third-order valence-corrected chi connectivity index (χ3v) is 3.75. The van der Waals surface area contributed by atoms with Gasteiger partial charge in [-0.2, -0.15) is 0 Å². The van der Waals surface area contributed by atoms with Crippen molar-refractivity contribution in [2.45, 2.75) is 18.6 Å². The van der Waals surface area contributed by atoms with Gasteiger partial charge in [0.1, 0.15) is 0 Å². The van der Waals surface area contributed by atoms with Gasteiger partial charge in [0.2, 0.25) is 5.91 Å². The topological polar surface area (TPSA) is 62.4 Å². The number of nitrogens with one attached hydrogen (secondary N) is 3. The van der Waals surface area contributed by atoms with Crippen molar-refractivity contribution in [3.05, 3.63) is 29.3 Å². The van der Waals surface area contributed by atoms with Crippen LogP contribution in [0.1, 0.15) is 17.2 Å². The molecule has 0 aromatic heterocycles. The minimum Gasteiger partial charge on any atom is -0.374 e. The fourth-order valence-corrected chi connectivity index (χ4v) is 2.81. The monoisotopic (exact) mass is 261 g/mol. The molecule has 0 radical (unpaired) electrons. The van der Waals surface area contributed by atoms with Gasteiger partial charge < -0.3 is 20.7 Å². The first-order chi connectivity index (χ1) is 9.28. The summed E-state index contributed by atoms with van der Waals surface area (Å²) >= 11 is 0. The molecule has 19 heavy (non-hydrogen) atoms. The van der Waals surface area contributed by atoms with Gasteiger partial charge in [0.05, 0.1) is 25.2 Å². The number of benzene rings is 1. The molecule has 2 aliphatic rings. The highest BCUT2D eigenvalue weighted by molar-refractivity contribution is 5.99. The second-order valence-electron chi connectivity index (χ2n) is 5.02. The molecule has 1 aromatic carbocycles. The van der Waals surface area contributed by atoms with Crippen LogP contribution in [0.5, 0.6) is 0 Å². The molecule has 3 rings (SSSR count). The zero-order valence-electron chi connectivity index (χ0n) is 11.0. The minimum atomic E-state index is 0.0729. The van der Waals surface area contributed by atoms with Gasteiger partial charge in [0.15, 0.2) is 0 Å². The Hall–Kier alpha value is -1.43. The molecule has 0 bridgehead atoms. The third kappa shape index (κ3) is 2.49. The molecular weight excluding hydrogens is 242 g/mol. The molecular formula is C14H19N3O2. The van der Waals surface area contributed by atoms with Gasteiger partial charge in [-0.3, -0.25) is 4.79 Å². The highest BCUT2D eigenvalue weighted by Gasteiger charge is 2.26. The number of fused-ring (bicyclic) bond motifs is 1. The molecule has 5 nitrogen and oxygen atoms in total. The van der Waals surface area contributed by atoms with Gasteiger partial charge in [0, 0.05) is 18.8 Å². The number of anilines is 1. The molecule has 1 saturated heterocycles. The largest absolute Gasteiger partial charge is 0.374 e. The molecule has 5 heteroatoms. The summed E-state index contributed by atoms with van der Waals surface area (Å²) in [4.78, 5) is 11.4. The van der Waals surface area contributed by atoms with Crippen LogP contribution in [0.2, 0.25) is 0 Å². The number of hydrogen-bond donors (Lipinski definition) is 3. The van der Waals surface area contributed by atoms with Crippen LogP contribution in [0.25, 0.3) is 0 Å². The quantitative estimate of drug-likeness (QED) is 0.738. The van der Waals surface area contributed by atoms with Crippen molar-refractivity contribution in [2.75, 3.05) is 32.1 Å². The summed E-state index contributed by atoms with van der Waals surface area (Å²) in [6.07, 6.45) is 0.602. The van der Waals surface area contributed by atoms with E-state index in [1.54, 1.807) is 0 Å². The molecule has 2 aliphatic heterocycles. The summed E-state index contributed by atoms with van der Waals surface area (Å²) < 4.78 is 5.82. The van der Waals surface area contributed by atoms with Gasteiger partial charge in [-0.05, 0) is 24.2 Å². The van der Waals surface area contributed by atoms with E-state index < -0.39 is 0 Å². The molecule has 3 N–H and O–H groups in total. The first kappa shape index (κ1) is 12.6. The summed E-state index contributed by atoms with van der Waals surface area (Å²) in [6.45, 7) is 2.50. The predicted molar refractivity (Wildman–Crippen MR) is 73.2 cm³/mol. The van der Waals surface area contributed by atoms with Crippen molar-refractivity contribution in [3.63, 3.8) is 0 Å². The number of carbonyl (C=O) groups is 1. The minimum absolute atomic E-state index is 0.0729. The normalized spacial score (nSPS) is 23.8. The first-order valence-electron chi connectivity index (χ1n) is 6.70. The Kier molecular flexibility index (Phi) is 3.50. The van der Waals surface area contributed by atoms with Crippen LogP contribution in [0, 0.1) is 0 Å². The second-order valence-corrected chi connectivity index (χ2v) is 5.02.